The lowest BCUT2D eigenvalue weighted by Gasteiger charge is -2.36. The van der Waals surface area contributed by atoms with E-state index in [9.17, 15) is 0 Å². The molecular weight excluding hydrogens is 358 g/mol. The number of nitrogens with zero attached hydrogens (tertiary/aromatic N) is 3. The Balaban J connectivity index is 0.000000626. The van der Waals surface area contributed by atoms with Crippen LogP contribution in [0.25, 0.3) is 0 Å². The van der Waals surface area contributed by atoms with Crippen LogP contribution in [0, 0.1) is 0 Å². The molecule has 29 heavy (non-hydrogen) atoms. The van der Waals surface area contributed by atoms with Crippen molar-refractivity contribution in [1.29, 1.82) is 0 Å². The quantitative estimate of drug-likeness (QED) is 0.477. The van der Waals surface area contributed by atoms with Crippen LogP contribution in [-0.4, -0.2) is 42.8 Å². The molecule has 164 valence electrons. The van der Waals surface area contributed by atoms with Crippen molar-refractivity contribution in [3.63, 3.8) is 0 Å². The van der Waals surface area contributed by atoms with E-state index in [0.29, 0.717) is 0 Å². The molecule has 1 aliphatic rings. The van der Waals surface area contributed by atoms with E-state index < -0.39 is 0 Å². The minimum atomic E-state index is 1.05. The molecule has 0 atom stereocenters. The molecule has 1 fully saturated rings. The maximum Gasteiger partial charge on any atom is 0.124 e. The first-order valence-corrected chi connectivity index (χ1v) is 11.7. The molecule has 4 nitrogen and oxygen atoms in total. The Kier molecular flexibility index (Phi) is 14.9. The lowest BCUT2D eigenvalue weighted by atomic mass is 10.1. The third kappa shape index (κ3) is 11.7. The third-order valence-electron chi connectivity index (χ3n) is 4.64. The molecule has 0 bridgehead atoms. The summed E-state index contributed by atoms with van der Waals surface area (Å²) in [6.45, 7) is 14.4. The van der Waals surface area contributed by atoms with Gasteiger partial charge < -0.3 is 9.42 Å². The topological polar surface area (TPSA) is 32.5 Å². The Hall–Kier alpha value is -1.81. The van der Waals surface area contributed by atoms with Crippen LogP contribution in [0.5, 0.6) is 0 Å². The van der Waals surface area contributed by atoms with E-state index in [1.807, 2.05) is 6.07 Å². The smallest absolute Gasteiger partial charge is 0.124 e. The summed E-state index contributed by atoms with van der Waals surface area (Å²) in [6.07, 6.45) is 10.3. The van der Waals surface area contributed by atoms with Crippen molar-refractivity contribution < 1.29 is 4.52 Å². The van der Waals surface area contributed by atoms with Gasteiger partial charge in [0.2, 0.25) is 0 Å². The van der Waals surface area contributed by atoms with Gasteiger partial charge in [-0.25, -0.2) is 0 Å². The van der Waals surface area contributed by atoms with E-state index in [0.717, 1.165) is 25.2 Å². The fourth-order valence-corrected chi connectivity index (χ4v) is 3.23. The van der Waals surface area contributed by atoms with Crippen molar-refractivity contribution in [3.8, 4) is 0 Å². The Morgan fingerprint density at radius 1 is 0.793 bits per heavy atom. The first-order valence-electron chi connectivity index (χ1n) is 11.7. The number of aromatic nitrogens is 1. The number of hydrogen-bond donors (Lipinski definition) is 0. The predicted octanol–water partition coefficient (Wildman–Crippen LogP) is 6.43. The van der Waals surface area contributed by atoms with Crippen molar-refractivity contribution in [1.82, 2.24) is 10.1 Å². The number of benzene rings is 1. The second kappa shape index (κ2) is 17.1. The van der Waals surface area contributed by atoms with Gasteiger partial charge in [0.15, 0.2) is 0 Å². The lowest BCUT2D eigenvalue weighted by molar-refractivity contribution is 0.252. The monoisotopic (exact) mass is 401 g/mol. The number of para-hydroxylation sites is 1. The van der Waals surface area contributed by atoms with Crippen molar-refractivity contribution in [2.24, 2.45) is 0 Å². The fraction of sp³-hybridized carbons (Fsp3) is 0.640. The fourth-order valence-electron chi connectivity index (χ4n) is 3.23. The van der Waals surface area contributed by atoms with E-state index in [4.69, 9.17) is 4.52 Å². The molecular formula is C25H43N3O. The van der Waals surface area contributed by atoms with Crippen LogP contribution in [0.15, 0.2) is 47.2 Å². The van der Waals surface area contributed by atoms with Crippen molar-refractivity contribution in [3.05, 3.63) is 48.4 Å². The summed E-state index contributed by atoms with van der Waals surface area (Å²) in [7, 11) is 0. The van der Waals surface area contributed by atoms with Gasteiger partial charge in [-0.05, 0) is 37.9 Å². The molecule has 0 N–H and O–H groups in total. The van der Waals surface area contributed by atoms with Crippen LogP contribution in [-0.2, 0) is 6.42 Å². The largest absolute Gasteiger partial charge is 0.369 e. The number of unbranched alkanes of at least 4 members (excludes halogenated alkanes) is 3. The minimum absolute atomic E-state index is 1.05. The summed E-state index contributed by atoms with van der Waals surface area (Å²) in [4.78, 5) is 5.10. The first kappa shape index (κ1) is 25.2. The van der Waals surface area contributed by atoms with Gasteiger partial charge in [-0.15, -0.1) is 0 Å². The number of aryl methyl sites for hydroxylation is 1. The highest BCUT2D eigenvalue weighted by Crippen LogP contribution is 2.16. The van der Waals surface area contributed by atoms with Crippen LogP contribution in [0.4, 0.5) is 5.69 Å². The maximum atomic E-state index is 4.85. The zero-order valence-corrected chi connectivity index (χ0v) is 19.3. The molecule has 1 aromatic heterocycles. The van der Waals surface area contributed by atoms with E-state index >= 15 is 0 Å². The lowest BCUT2D eigenvalue weighted by Crippen LogP contribution is -2.46. The standard InChI is InChI=1S/C19H27N3O.2C3H8/c1(4-8-18-11-17-23-20-18)2-7-12-21-13-15-22(16-14-21)19-9-5-3-6-10-19;2*1-3-2/h3,5-6,9-11,17H,1-2,4,7-8,12-16H2;2*3H2,1-2H3. The molecule has 1 aliphatic heterocycles. The van der Waals surface area contributed by atoms with Gasteiger partial charge in [-0.2, -0.15) is 0 Å². The molecule has 0 spiro atoms. The zero-order chi connectivity index (χ0) is 21.2. The molecule has 0 saturated carbocycles. The molecule has 0 amide bonds. The molecule has 0 aliphatic carbocycles. The normalized spacial score (nSPS) is 13.9. The summed E-state index contributed by atoms with van der Waals surface area (Å²) in [5.74, 6) is 0. The SMILES string of the molecule is CCC.CCC.c1ccc(N2CCN(CCCCCCc3ccon3)CC2)cc1. The molecule has 3 rings (SSSR count). The average Bonchev–Trinajstić information content (AvgIpc) is 3.26. The second-order valence-corrected chi connectivity index (χ2v) is 7.73. The molecule has 1 saturated heterocycles. The van der Waals surface area contributed by atoms with Crippen LogP contribution < -0.4 is 4.90 Å². The van der Waals surface area contributed by atoms with Crippen molar-refractivity contribution in [2.75, 3.05) is 37.6 Å². The van der Waals surface area contributed by atoms with Crippen LogP contribution >= 0.6 is 0 Å². The third-order valence-corrected chi connectivity index (χ3v) is 4.64. The summed E-state index contributed by atoms with van der Waals surface area (Å²) in [5.41, 5.74) is 2.45. The Labute approximate surface area is 179 Å². The van der Waals surface area contributed by atoms with Crippen molar-refractivity contribution in [2.45, 2.75) is 72.6 Å². The van der Waals surface area contributed by atoms with Gasteiger partial charge in [0.1, 0.15) is 6.26 Å². The highest BCUT2D eigenvalue weighted by molar-refractivity contribution is 5.46. The zero-order valence-electron chi connectivity index (χ0n) is 19.3. The Morgan fingerprint density at radius 3 is 2.00 bits per heavy atom. The van der Waals surface area contributed by atoms with Gasteiger partial charge >= 0.3 is 0 Å². The van der Waals surface area contributed by atoms with E-state index in [2.05, 4.69) is 73.0 Å². The highest BCUT2D eigenvalue weighted by atomic mass is 16.5. The summed E-state index contributed by atoms with van der Waals surface area (Å²) in [5, 5.41) is 3.95. The average molecular weight is 402 g/mol. The number of hydrogen-bond acceptors (Lipinski definition) is 4. The van der Waals surface area contributed by atoms with E-state index in [-0.39, 0.29) is 0 Å². The second-order valence-electron chi connectivity index (χ2n) is 7.73. The van der Waals surface area contributed by atoms with Crippen molar-refractivity contribution >= 4 is 5.69 Å². The van der Waals surface area contributed by atoms with E-state index in [1.165, 1.54) is 63.8 Å². The van der Waals surface area contributed by atoms with Gasteiger partial charge in [0.25, 0.3) is 0 Å². The maximum absolute atomic E-state index is 4.85. The predicted molar refractivity (Wildman–Crippen MR) is 126 cm³/mol. The van der Waals surface area contributed by atoms with Gasteiger partial charge in [0.05, 0.1) is 5.69 Å². The number of piperazine rings is 1. The molecule has 2 heterocycles. The first-order chi connectivity index (χ1) is 14.2. The van der Waals surface area contributed by atoms with Crippen LogP contribution in [0.3, 0.4) is 0 Å². The molecule has 2 aromatic rings. The summed E-state index contributed by atoms with van der Waals surface area (Å²) >= 11 is 0. The van der Waals surface area contributed by atoms with Gasteiger partial charge in [-0.1, -0.05) is 76.7 Å². The number of rotatable bonds is 8. The number of anilines is 1. The Morgan fingerprint density at radius 2 is 1.41 bits per heavy atom. The highest BCUT2D eigenvalue weighted by Gasteiger charge is 2.16. The van der Waals surface area contributed by atoms with Crippen LogP contribution in [0.1, 0.15) is 71.9 Å². The van der Waals surface area contributed by atoms with E-state index in [1.54, 1.807) is 6.26 Å². The summed E-state index contributed by atoms with van der Waals surface area (Å²) in [6, 6.07) is 12.7. The van der Waals surface area contributed by atoms with Gasteiger partial charge in [-0.3, -0.25) is 4.90 Å². The molecule has 0 unspecified atom stereocenters. The summed E-state index contributed by atoms with van der Waals surface area (Å²) < 4.78 is 4.85. The molecule has 1 aromatic carbocycles. The molecule has 0 radical (unpaired) electrons. The molecule has 4 heteroatoms. The van der Waals surface area contributed by atoms with Crippen LogP contribution in [0.2, 0.25) is 0 Å². The Bertz CT molecular complexity index is 561. The minimum Gasteiger partial charge on any atom is -0.369 e. The van der Waals surface area contributed by atoms with Gasteiger partial charge in [0, 0.05) is 37.9 Å².